The second-order valence-corrected chi connectivity index (χ2v) is 7.23. The van der Waals surface area contributed by atoms with Gasteiger partial charge in [0.15, 0.2) is 23.7 Å². The van der Waals surface area contributed by atoms with Crippen molar-refractivity contribution in [1.29, 1.82) is 0 Å². The topological polar surface area (TPSA) is 184 Å². The Kier molecular flexibility index (Phi) is 6.76. The van der Waals surface area contributed by atoms with Gasteiger partial charge < -0.3 is 29.4 Å². The molecule has 0 aromatic carbocycles. The van der Waals surface area contributed by atoms with Gasteiger partial charge in [0, 0.05) is 27.7 Å². The number of nitrogens with zero attached hydrogens (tertiary/aromatic N) is 4. The summed E-state index contributed by atoms with van der Waals surface area (Å²) in [5.41, 5.74) is 4.45. The lowest BCUT2D eigenvalue weighted by Gasteiger charge is -2.34. The van der Waals surface area contributed by atoms with Gasteiger partial charge in [-0.15, -0.1) is 0 Å². The lowest BCUT2D eigenvalue weighted by molar-refractivity contribution is -0.200. The summed E-state index contributed by atoms with van der Waals surface area (Å²) in [6.45, 7) is 3.82. The molecule has 0 amide bonds. The Hall–Kier alpha value is -3.81. The highest BCUT2D eigenvalue weighted by molar-refractivity contribution is 5.81. The molecule has 14 nitrogen and oxygen atoms in total. The van der Waals surface area contributed by atoms with Crippen molar-refractivity contribution < 1.29 is 42.9 Å². The number of anilines is 1. The Morgan fingerprint density at radius 1 is 1.00 bits per heavy atom. The molecule has 3 heterocycles. The van der Waals surface area contributed by atoms with Crippen molar-refractivity contribution in [3.63, 3.8) is 0 Å². The molecule has 178 valence electrons. The molecule has 0 bridgehead atoms. The number of fused-ring (bicyclic) bond motifs is 1. The minimum atomic E-state index is -1.81. The van der Waals surface area contributed by atoms with E-state index in [9.17, 15) is 19.2 Å². The number of aromatic nitrogens is 4. The third kappa shape index (κ3) is 4.84. The van der Waals surface area contributed by atoms with Gasteiger partial charge in [0.05, 0.1) is 6.33 Å². The predicted molar refractivity (Wildman–Crippen MR) is 107 cm³/mol. The third-order valence-corrected chi connectivity index (χ3v) is 4.76. The number of nitrogen functional groups attached to an aromatic ring is 1. The summed E-state index contributed by atoms with van der Waals surface area (Å²) in [5.74, 6) is -2.66. The number of carbonyl (C=O) groups excluding carboxylic acids is 4. The van der Waals surface area contributed by atoms with Crippen molar-refractivity contribution in [2.45, 2.75) is 51.7 Å². The minimum Gasteiger partial charge on any atom is -0.463 e. The Balaban J connectivity index is 2.21. The zero-order valence-electron chi connectivity index (χ0n) is 18.3. The average Bonchev–Trinajstić information content (AvgIpc) is 3.26. The normalized spacial score (nSPS) is 24.3. The van der Waals surface area contributed by atoms with Crippen molar-refractivity contribution >= 4 is 40.9 Å². The van der Waals surface area contributed by atoms with E-state index in [1.807, 2.05) is 0 Å². The maximum atomic E-state index is 12.0. The summed E-state index contributed by atoms with van der Waals surface area (Å²) in [4.78, 5) is 59.3. The Bertz CT molecular complexity index is 1090. The molecule has 3 rings (SSSR count). The van der Waals surface area contributed by atoms with Gasteiger partial charge >= 0.3 is 23.9 Å². The van der Waals surface area contributed by atoms with Crippen LogP contribution < -0.4 is 5.73 Å². The Morgan fingerprint density at radius 2 is 1.67 bits per heavy atom. The van der Waals surface area contributed by atoms with Crippen LogP contribution in [0.3, 0.4) is 0 Å². The number of imidazole rings is 1. The molecule has 0 aliphatic carbocycles. The monoisotopic (exact) mass is 465 g/mol. The summed E-state index contributed by atoms with van der Waals surface area (Å²) < 4.78 is 28.8. The quantitative estimate of drug-likeness (QED) is 0.406. The van der Waals surface area contributed by atoms with Crippen molar-refractivity contribution in [3.8, 4) is 0 Å². The molecular weight excluding hydrogens is 442 g/mol. The first-order chi connectivity index (χ1) is 15.5. The summed E-state index contributed by atoms with van der Waals surface area (Å²) in [7, 11) is 0. The van der Waals surface area contributed by atoms with E-state index < -0.39 is 54.5 Å². The zero-order valence-corrected chi connectivity index (χ0v) is 18.3. The van der Waals surface area contributed by atoms with Crippen LogP contribution in [-0.4, -0.2) is 74.9 Å². The molecule has 1 aliphatic rings. The molecule has 1 saturated heterocycles. The van der Waals surface area contributed by atoms with Crippen molar-refractivity contribution in [1.82, 2.24) is 19.5 Å². The number of esters is 4. The number of ether oxygens (including phenoxy) is 5. The molecule has 1 aliphatic heterocycles. The van der Waals surface area contributed by atoms with Crippen LogP contribution in [0.2, 0.25) is 0 Å². The highest BCUT2D eigenvalue weighted by Crippen LogP contribution is 2.41. The van der Waals surface area contributed by atoms with E-state index in [2.05, 4.69) is 15.0 Å². The molecule has 4 atom stereocenters. The molecule has 1 fully saturated rings. The summed E-state index contributed by atoms with van der Waals surface area (Å²) in [5, 5.41) is 0. The van der Waals surface area contributed by atoms with Crippen LogP contribution in [0.1, 0.15) is 27.7 Å². The second-order valence-electron chi connectivity index (χ2n) is 7.23. The molecule has 2 aromatic rings. The van der Waals surface area contributed by atoms with E-state index in [-0.39, 0.29) is 23.6 Å². The van der Waals surface area contributed by atoms with Gasteiger partial charge in [0.1, 0.15) is 31.2 Å². The molecule has 2 N–H and O–H groups in total. The first-order valence-electron chi connectivity index (χ1n) is 9.78. The van der Waals surface area contributed by atoms with Crippen LogP contribution >= 0.6 is 0 Å². The molecule has 14 heteroatoms. The van der Waals surface area contributed by atoms with Gasteiger partial charge in [-0.2, -0.15) is 0 Å². The summed E-state index contributed by atoms with van der Waals surface area (Å²) in [6, 6.07) is 0. The van der Waals surface area contributed by atoms with Gasteiger partial charge in [-0.05, 0) is 0 Å². The fourth-order valence-corrected chi connectivity index (χ4v) is 3.56. The third-order valence-electron chi connectivity index (χ3n) is 4.76. The van der Waals surface area contributed by atoms with Gasteiger partial charge in [0.2, 0.25) is 5.72 Å². The summed E-state index contributed by atoms with van der Waals surface area (Å²) in [6.07, 6.45) is -1.22. The largest absolute Gasteiger partial charge is 0.463 e. The zero-order chi connectivity index (χ0) is 24.3. The lowest BCUT2D eigenvalue weighted by Crippen LogP contribution is -2.52. The second kappa shape index (κ2) is 9.36. The Morgan fingerprint density at radius 3 is 2.27 bits per heavy atom. The maximum Gasteiger partial charge on any atom is 0.303 e. The van der Waals surface area contributed by atoms with E-state index in [0.29, 0.717) is 0 Å². The van der Waals surface area contributed by atoms with E-state index in [1.165, 1.54) is 31.1 Å². The van der Waals surface area contributed by atoms with Gasteiger partial charge in [-0.25, -0.2) is 15.0 Å². The summed E-state index contributed by atoms with van der Waals surface area (Å²) >= 11 is 0. The average molecular weight is 465 g/mol. The van der Waals surface area contributed by atoms with Crippen LogP contribution in [0.5, 0.6) is 0 Å². The van der Waals surface area contributed by atoms with Gasteiger partial charge in [-0.3, -0.25) is 23.7 Å². The number of hydrogen-bond donors (Lipinski definition) is 1. The highest BCUT2D eigenvalue weighted by Gasteiger charge is 2.62. The van der Waals surface area contributed by atoms with E-state index in [4.69, 9.17) is 29.4 Å². The molecule has 0 unspecified atom stereocenters. The van der Waals surface area contributed by atoms with Crippen LogP contribution in [0, 0.1) is 0 Å². The molecule has 0 spiro atoms. The molecule has 0 saturated carbocycles. The molecule has 0 radical (unpaired) electrons. The minimum absolute atomic E-state index is 0.0661. The number of carbonyl (C=O) groups is 4. The van der Waals surface area contributed by atoms with Gasteiger partial charge in [-0.1, -0.05) is 0 Å². The van der Waals surface area contributed by atoms with E-state index >= 15 is 0 Å². The predicted octanol–water partition coefficient (Wildman–Crippen LogP) is -0.550. The fourth-order valence-electron chi connectivity index (χ4n) is 3.56. The van der Waals surface area contributed by atoms with Crippen molar-refractivity contribution in [3.05, 3.63) is 12.7 Å². The maximum absolute atomic E-state index is 12.0. The van der Waals surface area contributed by atoms with Crippen molar-refractivity contribution in [2.24, 2.45) is 0 Å². The van der Waals surface area contributed by atoms with Crippen LogP contribution in [0.25, 0.3) is 11.2 Å². The highest BCUT2D eigenvalue weighted by atomic mass is 16.7. The first kappa shape index (κ1) is 23.8. The standard InChI is InChI=1S/C19H23N5O9/c1-9(25)29-5-13-15(31-11(3)27)16(32-12(4)28)19(33-13,6-30-10(2)26)24-8-23-14-17(20)21-7-22-18(14)24/h7-8,13,15-16H,5-6H2,1-4H3,(H2,20,21,22)/t13-,15-,16-,19-/m0/s1. The van der Waals surface area contributed by atoms with E-state index in [1.54, 1.807) is 0 Å². The number of hydrogen-bond acceptors (Lipinski definition) is 13. The SMILES string of the molecule is CC(=O)OC[C@@H]1O[C@](COC(C)=O)(n2cnc3c(N)ncnc32)[C@@H](OC(C)=O)[C@H]1OC(C)=O. The number of rotatable bonds is 7. The smallest absolute Gasteiger partial charge is 0.303 e. The lowest BCUT2D eigenvalue weighted by atomic mass is 10.0. The first-order valence-corrected chi connectivity index (χ1v) is 9.78. The molecule has 2 aromatic heterocycles. The number of nitrogens with two attached hydrogens (primary N) is 1. The van der Waals surface area contributed by atoms with Crippen LogP contribution in [-0.2, 0) is 48.6 Å². The van der Waals surface area contributed by atoms with Gasteiger partial charge in [0.25, 0.3) is 0 Å². The Labute approximate surface area is 187 Å². The van der Waals surface area contributed by atoms with E-state index in [0.717, 1.165) is 13.8 Å². The molecule has 33 heavy (non-hydrogen) atoms. The fraction of sp³-hybridized carbons (Fsp3) is 0.526. The van der Waals surface area contributed by atoms with Crippen molar-refractivity contribution in [2.75, 3.05) is 18.9 Å². The molecular formula is C19H23N5O9. The van der Waals surface area contributed by atoms with Crippen LogP contribution in [0.15, 0.2) is 12.7 Å². The van der Waals surface area contributed by atoms with Crippen LogP contribution in [0.4, 0.5) is 5.82 Å².